The number of nitrogen functional groups attached to an aromatic ring is 1. The highest BCUT2D eigenvalue weighted by Crippen LogP contribution is 2.28. The van der Waals surface area contributed by atoms with E-state index >= 15 is 0 Å². The number of benzene rings is 2. The van der Waals surface area contributed by atoms with Gasteiger partial charge in [-0.3, -0.25) is 0 Å². The molecule has 0 bridgehead atoms. The molecule has 0 saturated heterocycles. The minimum Gasteiger partial charge on any atom is -0.488 e. The van der Waals surface area contributed by atoms with Crippen LogP contribution in [0.15, 0.2) is 36.4 Å². The lowest BCUT2D eigenvalue weighted by Gasteiger charge is -2.12. The smallest absolute Gasteiger partial charge is 0.124 e. The second kappa shape index (κ2) is 5.51. The van der Waals surface area contributed by atoms with E-state index in [1.165, 1.54) is 0 Å². The second-order valence-electron chi connectivity index (χ2n) is 3.96. The van der Waals surface area contributed by atoms with Crippen molar-refractivity contribution in [2.24, 2.45) is 0 Å². The molecule has 2 rings (SSSR count). The highest BCUT2D eigenvalue weighted by molar-refractivity contribution is 6.35. The molecule has 2 aromatic carbocycles. The van der Waals surface area contributed by atoms with Crippen LogP contribution in [-0.4, -0.2) is 0 Å². The third-order valence-electron chi connectivity index (χ3n) is 2.76. The number of halogens is 2. The van der Waals surface area contributed by atoms with Crippen molar-refractivity contribution in [3.05, 3.63) is 57.6 Å². The predicted octanol–water partition coefficient (Wildman–Crippen LogP) is 4.46. The first-order valence-corrected chi connectivity index (χ1v) is 6.26. The normalized spacial score (nSPS) is 10.4. The maximum atomic E-state index is 6.08. The van der Waals surface area contributed by atoms with Crippen molar-refractivity contribution >= 4 is 28.9 Å². The summed E-state index contributed by atoms with van der Waals surface area (Å²) in [5.74, 6) is 0.742. The second-order valence-corrected chi connectivity index (χ2v) is 4.77. The Hall–Kier alpha value is -1.38. The quantitative estimate of drug-likeness (QED) is 0.843. The molecule has 0 spiro atoms. The molecule has 0 aliphatic carbocycles. The van der Waals surface area contributed by atoms with Crippen molar-refractivity contribution in [1.29, 1.82) is 0 Å². The number of rotatable bonds is 3. The van der Waals surface area contributed by atoms with E-state index in [9.17, 15) is 0 Å². The van der Waals surface area contributed by atoms with Gasteiger partial charge in [0.2, 0.25) is 0 Å². The van der Waals surface area contributed by atoms with Gasteiger partial charge in [0, 0.05) is 26.9 Å². The van der Waals surface area contributed by atoms with Gasteiger partial charge in [-0.2, -0.15) is 0 Å². The van der Waals surface area contributed by atoms with Crippen molar-refractivity contribution < 1.29 is 4.74 Å². The van der Waals surface area contributed by atoms with E-state index in [4.69, 9.17) is 33.7 Å². The largest absolute Gasteiger partial charge is 0.488 e. The van der Waals surface area contributed by atoms with Crippen LogP contribution in [0.3, 0.4) is 0 Å². The molecule has 0 saturated carbocycles. The lowest BCUT2D eigenvalue weighted by molar-refractivity contribution is 0.304. The Morgan fingerprint density at radius 3 is 2.33 bits per heavy atom. The van der Waals surface area contributed by atoms with E-state index in [1.54, 1.807) is 18.2 Å². The first kappa shape index (κ1) is 13.1. The average Bonchev–Trinajstić information content (AvgIpc) is 2.33. The molecule has 0 aromatic heterocycles. The zero-order chi connectivity index (χ0) is 13.1. The third-order valence-corrected chi connectivity index (χ3v) is 3.47. The van der Waals surface area contributed by atoms with Crippen LogP contribution in [-0.2, 0) is 6.61 Å². The van der Waals surface area contributed by atoms with Gasteiger partial charge in [-0.1, -0.05) is 35.3 Å². The number of hydrogen-bond acceptors (Lipinski definition) is 2. The van der Waals surface area contributed by atoms with Gasteiger partial charge in [0.25, 0.3) is 0 Å². The van der Waals surface area contributed by atoms with Gasteiger partial charge < -0.3 is 10.5 Å². The Balaban J connectivity index is 2.19. The highest BCUT2D eigenvalue weighted by atomic mass is 35.5. The summed E-state index contributed by atoms with van der Waals surface area (Å²) >= 11 is 12.2. The summed E-state index contributed by atoms with van der Waals surface area (Å²) in [6.07, 6.45) is 0. The fraction of sp³-hybridized carbons (Fsp3) is 0.143. The summed E-state index contributed by atoms with van der Waals surface area (Å²) in [4.78, 5) is 0. The molecule has 0 heterocycles. The number of ether oxygens (including phenoxy) is 1. The van der Waals surface area contributed by atoms with Crippen LogP contribution in [0, 0.1) is 6.92 Å². The Labute approximate surface area is 116 Å². The summed E-state index contributed by atoms with van der Waals surface area (Å²) < 4.78 is 5.72. The molecule has 0 aliphatic rings. The van der Waals surface area contributed by atoms with Gasteiger partial charge in [0.15, 0.2) is 0 Å². The Morgan fingerprint density at radius 2 is 1.67 bits per heavy atom. The van der Waals surface area contributed by atoms with Crippen molar-refractivity contribution in [1.82, 2.24) is 0 Å². The molecule has 0 radical (unpaired) electrons. The van der Waals surface area contributed by atoms with Crippen molar-refractivity contribution in [2.75, 3.05) is 5.73 Å². The van der Waals surface area contributed by atoms with E-state index in [-0.39, 0.29) is 0 Å². The number of anilines is 1. The molecule has 4 heteroatoms. The van der Waals surface area contributed by atoms with Crippen molar-refractivity contribution in [3.63, 3.8) is 0 Å². The molecule has 2 nitrogen and oxygen atoms in total. The van der Waals surface area contributed by atoms with Gasteiger partial charge >= 0.3 is 0 Å². The summed E-state index contributed by atoms with van der Waals surface area (Å²) in [6.45, 7) is 2.24. The molecule has 0 unspecified atom stereocenters. The fourth-order valence-corrected chi connectivity index (χ4v) is 2.11. The fourth-order valence-electron chi connectivity index (χ4n) is 1.61. The summed E-state index contributed by atoms with van der Waals surface area (Å²) in [5, 5.41) is 1.20. The molecule has 0 amide bonds. The summed E-state index contributed by atoms with van der Waals surface area (Å²) in [5.41, 5.74) is 8.22. The maximum Gasteiger partial charge on any atom is 0.124 e. The first-order valence-electron chi connectivity index (χ1n) is 5.50. The van der Waals surface area contributed by atoms with E-state index in [0.717, 1.165) is 16.9 Å². The van der Waals surface area contributed by atoms with E-state index < -0.39 is 0 Å². The van der Waals surface area contributed by atoms with E-state index in [2.05, 4.69) is 0 Å². The van der Waals surface area contributed by atoms with Gasteiger partial charge in [-0.15, -0.1) is 0 Å². The van der Waals surface area contributed by atoms with Gasteiger partial charge in [0.05, 0.1) is 0 Å². The van der Waals surface area contributed by atoms with Crippen molar-refractivity contribution in [2.45, 2.75) is 13.5 Å². The van der Waals surface area contributed by atoms with Crippen LogP contribution in [0.5, 0.6) is 5.75 Å². The average molecular weight is 282 g/mol. The van der Waals surface area contributed by atoms with Crippen LogP contribution < -0.4 is 10.5 Å². The molecule has 0 aliphatic heterocycles. The SMILES string of the molecule is Cc1c(N)cccc1OCc1c(Cl)cccc1Cl. The molecular weight excluding hydrogens is 269 g/mol. The lowest BCUT2D eigenvalue weighted by atomic mass is 10.2. The van der Waals surface area contributed by atoms with Crippen LogP contribution in [0.1, 0.15) is 11.1 Å². The molecule has 2 N–H and O–H groups in total. The Kier molecular flexibility index (Phi) is 4.00. The maximum absolute atomic E-state index is 6.08. The van der Waals surface area contributed by atoms with Crippen LogP contribution >= 0.6 is 23.2 Å². The van der Waals surface area contributed by atoms with Gasteiger partial charge in [0.1, 0.15) is 12.4 Å². The molecule has 2 aromatic rings. The van der Waals surface area contributed by atoms with Gasteiger partial charge in [-0.05, 0) is 31.2 Å². The lowest BCUT2D eigenvalue weighted by Crippen LogP contribution is -2.00. The van der Waals surface area contributed by atoms with Crippen LogP contribution in [0.2, 0.25) is 10.0 Å². The van der Waals surface area contributed by atoms with Gasteiger partial charge in [-0.25, -0.2) is 0 Å². The minimum atomic E-state index is 0.322. The standard InChI is InChI=1S/C14H13Cl2NO/c1-9-13(17)6-3-7-14(9)18-8-10-11(15)4-2-5-12(10)16/h2-7H,8,17H2,1H3. The van der Waals surface area contributed by atoms with Crippen molar-refractivity contribution in [3.8, 4) is 5.75 Å². The first-order chi connectivity index (χ1) is 8.59. The van der Waals surface area contributed by atoms with E-state index in [1.807, 2.05) is 25.1 Å². The predicted molar refractivity (Wildman–Crippen MR) is 76.4 cm³/mol. The molecule has 0 atom stereocenters. The molecule has 18 heavy (non-hydrogen) atoms. The summed E-state index contributed by atoms with van der Waals surface area (Å²) in [7, 11) is 0. The minimum absolute atomic E-state index is 0.322. The Morgan fingerprint density at radius 1 is 1.06 bits per heavy atom. The third kappa shape index (κ3) is 2.71. The zero-order valence-electron chi connectivity index (χ0n) is 9.91. The Bertz CT molecular complexity index is 549. The summed E-state index contributed by atoms with van der Waals surface area (Å²) in [6, 6.07) is 10.9. The topological polar surface area (TPSA) is 35.2 Å². The number of nitrogens with two attached hydrogens (primary N) is 1. The zero-order valence-corrected chi connectivity index (χ0v) is 11.4. The highest BCUT2D eigenvalue weighted by Gasteiger charge is 2.08. The van der Waals surface area contributed by atoms with E-state index in [0.29, 0.717) is 22.3 Å². The van der Waals surface area contributed by atoms with Crippen LogP contribution in [0.25, 0.3) is 0 Å². The molecular formula is C14H13Cl2NO. The number of hydrogen-bond donors (Lipinski definition) is 1. The molecule has 0 fully saturated rings. The molecule has 94 valence electrons. The monoisotopic (exact) mass is 281 g/mol. The van der Waals surface area contributed by atoms with Crippen LogP contribution in [0.4, 0.5) is 5.69 Å².